The molecule has 0 radical (unpaired) electrons. The Hall–Kier alpha value is -1.59. The van der Waals surface area contributed by atoms with Gasteiger partial charge in [-0.25, -0.2) is 0 Å². The first-order chi connectivity index (χ1) is 12.6. The topological polar surface area (TPSA) is 34.1 Å². The van der Waals surface area contributed by atoms with Gasteiger partial charge < -0.3 is 20.0 Å². The molecule has 1 aliphatic heterocycles. The molecular weight excluding hydrogens is 322 g/mol. The summed E-state index contributed by atoms with van der Waals surface area (Å²) in [6, 6.07) is 8.75. The molecule has 1 aliphatic rings. The van der Waals surface area contributed by atoms with Gasteiger partial charge in [-0.3, -0.25) is 4.99 Å². The van der Waals surface area contributed by atoms with Gasteiger partial charge in [0.1, 0.15) is 0 Å². The highest BCUT2D eigenvalue weighted by molar-refractivity contribution is 5.79. The lowest BCUT2D eigenvalue weighted by molar-refractivity contribution is 0.275. The van der Waals surface area contributed by atoms with E-state index in [1.807, 2.05) is 0 Å². The summed E-state index contributed by atoms with van der Waals surface area (Å²) in [6.45, 7) is 12.9. The number of rotatable bonds is 7. The maximum atomic E-state index is 4.84. The minimum atomic E-state index is 0.880. The van der Waals surface area contributed by atoms with Crippen molar-refractivity contribution in [1.29, 1.82) is 0 Å². The Labute approximate surface area is 160 Å². The molecule has 0 aliphatic carbocycles. The van der Waals surface area contributed by atoms with Crippen molar-refractivity contribution in [3.63, 3.8) is 0 Å². The monoisotopic (exact) mass is 359 g/mol. The first-order valence-electron chi connectivity index (χ1n) is 10.0. The molecule has 0 saturated carbocycles. The largest absolute Gasteiger partial charge is 0.357 e. The van der Waals surface area contributed by atoms with E-state index in [0.29, 0.717) is 0 Å². The third kappa shape index (κ3) is 7.34. The molecular formula is C21H37N5. The minimum Gasteiger partial charge on any atom is -0.357 e. The summed E-state index contributed by atoms with van der Waals surface area (Å²) in [6.07, 6.45) is 2.40. The van der Waals surface area contributed by atoms with E-state index >= 15 is 0 Å². The SMILES string of the molecule is CCNC(=NCCCN1CCCN(C)CC1)N(C)Cc1ccc(C)cc1. The normalized spacial score (nSPS) is 17.2. The van der Waals surface area contributed by atoms with E-state index in [2.05, 4.69) is 72.2 Å². The van der Waals surface area contributed by atoms with Crippen molar-refractivity contribution in [3.05, 3.63) is 35.4 Å². The average molecular weight is 360 g/mol. The molecule has 5 nitrogen and oxygen atoms in total. The summed E-state index contributed by atoms with van der Waals surface area (Å²) in [4.78, 5) is 12.1. The summed E-state index contributed by atoms with van der Waals surface area (Å²) < 4.78 is 0. The Kier molecular flexibility index (Phi) is 8.92. The Morgan fingerprint density at radius 3 is 2.65 bits per heavy atom. The van der Waals surface area contributed by atoms with Crippen LogP contribution in [0.1, 0.15) is 30.9 Å². The van der Waals surface area contributed by atoms with E-state index in [4.69, 9.17) is 4.99 Å². The predicted molar refractivity (Wildman–Crippen MR) is 112 cm³/mol. The van der Waals surface area contributed by atoms with Gasteiger partial charge in [0.2, 0.25) is 0 Å². The highest BCUT2D eigenvalue weighted by Crippen LogP contribution is 2.06. The number of guanidine groups is 1. The zero-order valence-electron chi connectivity index (χ0n) is 17.2. The van der Waals surface area contributed by atoms with Gasteiger partial charge >= 0.3 is 0 Å². The van der Waals surface area contributed by atoms with E-state index in [1.165, 1.54) is 43.7 Å². The first kappa shape index (κ1) is 20.7. The molecule has 5 heteroatoms. The lowest BCUT2D eigenvalue weighted by Crippen LogP contribution is -2.38. The predicted octanol–water partition coefficient (Wildman–Crippen LogP) is 2.42. The standard InChI is InChI=1S/C21H37N5/c1-5-22-21(25(4)18-20-10-8-19(2)9-11-20)23-12-6-14-26-15-7-13-24(3)16-17-26/h8-11H,5-7,12-18H2,1-4H3,(H,22,23). The van der Waals surface area contributed by atoms with Gasteiger partial charge in [-0.1, -0.05) is 29.8 Å². The summed E-state index contributed by atoms with van der Waals surface area (Å²) in [5.41, 5.74) is 2.62. The molecule has 0 aromatic heterocycles. The van der Waals surface area contributed by atoms with Crippen LogP contribution in [0.2, 0.25) is 0 Å². The lowest BCUT2D eigenvalue weighted by Gasteiger charge is -2.23. The van der Waals surface area contributed by atoms with E-state index in [-0.39, 0.29) is 0 Å². The Morgan fingerprint density at radius 1 is 1.15 bits per heavy atom. The van der Waals surface area contributed by atoms with E-state index in [9.17, 15) is 0 Å². The number of benzene rings is 1. The van der Waals surface area contributed by atoms with Gasteiger partial charge in [-0.2, -0.15) is 0 Å². The number of nitrogens with one attached hydrogen (secondary N) is 1. The summed E-state index contributed by atoms with van der Waals surface area (Å²) >= 11 is 0. The summed E-state index contributed by atoms with van der Waals surface area (Å²) in [5.74, 6) is 1.00. The second-order valence-corrected chi connectivity index (χ2v) is 7.43. The van der Waals surface area contributed by atoms with Crippen molar-refractivity contribution in [2.24, 2.45) is 4.99 Å². The fourth-order valence-electron chi connectivity index (χ4n) is 3.31. The molecule has 146 valence electrons. The maximum Gasteiger partial charge on any atom is 0.193 e. The van der Waals surface area contributed by atoms with Gasteiger partial charge in [-0.15, -0.1) is 0 Å². The Bertz CT molecular complexity index is 540. The summed E-state index contributed by atoms with van der Waals surface area (Å²) in [5, 5.41) is 3.42. The molecule has 26 heavy (non-hydrogen) atoms. The molecule has 0 atom stereocenters. The van der Waals surface area contributed by atoms with Crippen molar-refractivity contribution in [2.45, 2.75) is 33.2 Å². The number of aryl methyl sites for hydroxylation is 1. The highest BCUT2D eigenvalue weighted by Gasteiger charge is 2.11. The molecule has 1 aromatic carbocycles. The molecule has 1 fully saturated rings. The smallest absolute Gasteiger partial charge is 0.193 e. The van der Waals surface area contributed by atoms with Crippen LogP contribution in [-0.2, 0) is 6.54 Å². The highest BCUT2D eigenvalue weighted by atomic mass is 15.3. The third-order valence-electron chi connectivity index (χ3n) is 4.94. The van der Waals surface area contributed by atoms with Crippen LogP contribution in [0.15, 0.2) is 29.3 Å². The molecule has 0 unspecified atom stereocenters. The quantitative estimate of drug-likeness (QED) is 0.461. The van der Waals surface area contributed by atoms with Crippen LogP contribution < -0.4 is 5.32 Å². The zero-order chi connectivity index (χ0) is 18.8. The maximum absolute atomic E-state index is 4.84. The van der Waals surface area contributed by atoms with Crippen LogP contribution >= 0.6 is 0 Å². The van der Waals surface area contributed by atoms with Crippen LogP contribution in [0.5, 0.6) is 0 Å². The van der Waals surface area contributed by atoms with Crippen LogP contribution in [0.25, 0.3) is 0 Å². The van der Waals surface area contributed by atoms with E-state index in [1.54, 1.807) is 0 Å². The van der Waals surface area contributed by atoms with Crippen molar-refractivity contribution in [1.82, 2.24) is 20.0 Å². The lowest BCUT2D eigenvalue weighted by atomic mass is 10.1. The number of hydrogen-bond acceptors (Lipinski definition) is 3. The van der Waals surface area contributed by atoms with Crippen LogP contribution in [0, 0.1) is 6.92 Å². The zero-order valence-corrected chi connectivity index (χ0v) is 17.2. The molecule has 1 N–H and O–H groups in total. The summed E-state index contributed by atoms with van der Waals surface area (Å²) in [7, 11) is 4.34. The molecule has 1 saturated heterocycles. The first-order valence-corrected chi connectivity index (χ1v) is 10.0. The average Bonchev–Trinajstić information content (AvgIpc) is 2.84. The number of likely N-dealkylation sites (N-methyl/N-ethyl adjacent to an activating group) is 1. The molecule has 0 bridgehead atoms. The second kappa shape index (κ2) is 11.2. The van der Waals surface area contributed by atoms with Crippen molar-refractivity contribution >= 4 is 5.96 Å². The van der Waals surface area contributed by atoms with Crippen molar-refractivity contribution < 1.29 is 0 Å². The van der Waals surface area contributed by atoms with Crippen molar-refractivity contribution in [3.8, 4) is 0 Å². The minimum absolute atomic E-state index is 0.880. The number of hydrogen-bond donors (Lipinski definition) is 1. The van der Waals surface area contributed by atoms with E-state index in [0.717, 1.165) is 38.6 Å². The van der Waals surface area contributed by atoms with Gasteiger partial charge in [0.05, 0.1) is 0 Å². The number of aliphatic imine (C=N–C) groups is 1. The fourth-order valence-corrected chi connectivity index (χ4v) is 3.31. The third-order valence-corrected chi connectivity index (χ3v) is 4.94. The fraction of sp³-hybridized carbons (Fsp3) is 0.667. The molecule has 0 spiro atoms. The number of nitrogens with zero attached hydrogens (tertiary/aromatic N) is 4. The molecule has 1 aromatic rings. The van der Waals surface area contributed by atoms with Crippen LogP contribution in [0.4, 0.5) is 0 Å². The molecule has 2 rings (SSSR count). The Morgan fingerprint density at radius 2 is 1.92 bits per heavy atom. The van der Waals surface area contributed by atoms with Gasteiger partial charge in [-0.05, 0) is 58.9 Å². The molecule has 1 heterocycles. The van der Waals surface area contributed by atoms with Crippen LogP contribution in [0.3, 0.4) is 0 Å². The Balaban J connectivity index is 1.80. The van der Waals surface area contributed by atoms with Gasteiger partial charge in [0, 0.05) is 39.8 Å². The van der Waals surface area contributed by atoms with Gasteiger partial charge in [0.15, 0.2) is 5.96 Å². The van der Waals surface area contributed by atoms with E-state index < -0.39 is 0 Å². The van der Waals surface area contributed by atoms with Gasteiger partial charge in [0.25, 0.3) is 0 Å². The molecule has 0 amide bonds. The van der Waals surface area contributed by atoms with Crippen molar-refractivity contribution in [2.75, 3.05) is 59.9 Å². The second-order valence-electron chi connectivity index (χ2n) is 7.43. The van der Waals surface area contributed by atoms with Crippen LogP contribution in [-0.4, -0.2) is 80.6 Å².